The number of benzene rings is 1. The van der Waals surface area contributed by atoms with Gasteiger partial charge in [-0.1, -0.05) is 0 Å². The summed E-state index contributed by atoms with van der Waals surface area (Å²) < 4.78 is 5.15. The van der Waals surface area contributed by atoms with Crippen LogP contribution < -0.4 is 15.0 Å². The number of hydrogen-bond donors (Lipinski definition) is 3. The lowest BCUT2D eigenvalue weighted by Crippen LogP contribution is -2.31. The van der Waals surface area contributed by atoms with Gasteiger partial charge in [0.1, 0.15) is 5.69 Å². The van der Waals surface area contributed by atoms with E-state index in [9.17, 15) is 14.9 Å². The Morgan fingerprint density at radius 2 is 2.00 bits per heavy atom. The summed E-state index contributed by atoms with van der Waals surface area (Å²) in [7, 11) is 0. The Labute approximate surface area is 119 Å². The number of carbonyl (C=O) groups is 1. The molecule has 9 heteroatoms. The van der Waals surface area contributed by atoms with Gasteiger partial charge in [-0.25, -0.2) is 0 Å². The number of anilines is 2. The summed E-state index contributed by atoms with van der Waals surface area (Å²) >= 11 is 0. The molecule has 2 rings (SSSR count). The van der Waals surface area contributed by atoms with Crippen molar-refractivity contribution in [3.05, 3.63) is 22.2 Å². The lowest BCUT2D eigenvalue weighted by Gasteiger charge is -2.25. The van der Waals surface area contributed by atoms with Gasteiger partial charge in [0.05, 0.1) is 29.9 Å². The maximum absolute atomic E-state index is 11.3. The van der Waals surface area contributed by atoms with Crippen molar-refractivity contribution in [2.24, 2.45) is 0 Å². The smallest absolute Gasteiger partial charge is 0.296 e. The molecule has 1 heterocycles. The van der Waals surface area contributed by atoms with Crippen molar-refractivity contribution in [3.63, 3.8) is 0 Å². The van der Waals surface area contributed by atoms with Crippen molar-refractivity contribution in [2.75, 3.05) is 43.1 Å². The van der Waals surface area contributed by atoms with Crippen LogP contribution >= 0.6 is 0 Å². The molecule has 1 amide bonds. The number of hydrogen-bond acceptors (Lipinski definition) is 7. The molecule has 1 aliphatic rings. The number of rotatable bonds is 6. The fourth-order valence-electron chi connectivity index (χ4n) is 2.10. The van der Waals surface area contributed by atoms with E-state index in [0.29, 0.717) is 5.69 Å². The number of nitrogens with one attached hydrogen (secondary N) is 1. The van der Waals surface area contributed by atoms with Gasteiger partial charge in [-0.3, -0.25) is 14.9 Å². The molecule has 0 radical (unpaired) electrons. The third-order valence-electron chi connectivity index (χ3n) is 2.99. The van der Waals surface area contributed by atoms with E-state index in [1.54, 1.807) is 0 Å². The first-order valence-corrected chi connectivity index (χ1v) is 6.28. The van der Waals surface area contributed by atoms with Crippen LogP contribution in [-0.4, -0.2) is 54.0 Å². The normalized spacial score (nSPS) is 13.1. The van der Waals surface area contributed by atoms with Crippen molar-refractivity contribution in [1.29, 1.82) is 0 Å². The van der Waals surface area contributed by atoms with E-state index in [1.807, 2.05) is 0 Å². The highest BCUT2D eigenvalue weighted by molar-refractivity contribution is 5.96. The Balaban J connectivity index is 2.48. The van der Waals surface area contributed by atoms with Crippen LogP contribution in [0.2, 0.25) is 0 Å². The Hall–Kier alpha value is -2.39. The molecule has 1 aromatic rings. The van der Waals surface area contributed by atoms with Crippen molar-refractivity contribution in [3.8, 4) is 5.75 Å². The predicted molar refractivity (Wildman–Crippen MR) is 73.6 cm³/mol. The summed E-state index contributed by atoms with van der Waals surface area (Å²) in [4.78, 5) is 23.4. The molecule has 0 spiro atoms. The monoisotopic (exact) mass is 297 g/mol. The maximum atomic E-state index is 11.3. The molecule has 0 saturated heterocycles. The molecule has 0 atom stereocenters. The highest BCUT2D eigenvalue weighted by Crippen LogP contribution is 2.39. The predicted octanol–water partition coefficient (Wildman–Crippen LogP) is -0.283. The topological polar surface area (TPSA) is 125 Å². The molecule has 114 valence electrons. The third kappa shape index (κ3) is 3.20. The van der Waals surface area contributed by atoms with Crippen LogP contribution in [0.15, 0.2) is 12.1 Å². The van der Waals surface area contributed by atoms with Gasteiger partial charge in [0, 0.05) is 13.1 Å². The highest BCUT2D eigenvalue weighted by Gasteiger charge is 2.26. The summed E-state index contributed by atoms with van der Waals surface area (Å²) in [6.07, 6.45) is 0. The van der Waals surface area contributed by atoms with Gasteiger partial charge < -0.3 is 25.2 Å². The van der Waals surface area contributed by atoms with Gasteiger partial charge in [0.15, 0.2) is 12.4 Å². The fourth-order valence-corrected chi connectivity index (χ4v) is 2.10. The zero-order chi connectivity index (χ0) is 15.4. The van der Waals surface area contributed by atoms with Crippen LogP contribution in [0, 0.1) is 10.1 Å². The van der Waals surface area contributed by atoms with E-state index >= 15 is 0 Å². The van der Waals surface area contributed by atoms with Gasteiger partial charge in [-0.2, -0.15) is 0 Å². The first-order chi connectivity index (χ1) is 10.1. The van der Waals surface area contributed by atoms with Crippen molar-refractivity contribution in [1.82, 2.24) is 0 Å². The van der Waals surface area contributed by atoms with E-state index in [1.165, 1.54) is 17.0 Å². The Morgan fingerprint density at radius 1 is 1.33 bits per heavy atom. The number of fused-ring (bicyclic) bond motifs is 1. The number of aliphatic hydroxyl groups is 2. The van der Waals surface area contributed by atoms with Crippen LogP contribution in [0.25, 0.3) is 0 Å². The highest BCUT2D eigenvalue weighted by atomic mass is 16.6. The second-order valence-electron chi connectivity index (χ2n) is 4.37. The molecule has 1 aromatic carbocycles. The largest absolute Gasteiger partial charge is 0.481 e. The molecule has 0 aromatic heterocycles. The minimum Gasteiger partial charge on any atom is -0.481 e. The first-order valence-electron chi connectivity index (χ1n) is 6.28. The molecule has 1 aliphatic heterocycles. The summed E-state index contributed by atoms with van der Waals surface area (Å²) in [5, 5.41) is 31.9. The average molecular weight is 297 g/mol. The maximum Gasteiger partial charge on any atom is 0.296 e. The summed E-state index contributed by atoms with van der Waals surface area (Å²) in [6.45, 7) is -0.404. The SMILES string of the molecule is O=C1COc2cc([N+](=O)[O-])c(N(CCO)CCO)cc2N1. The number of nitro benzene ring substituents is 1. The number of aliphatic hydroxyl groups excluding tert-OH is 2. The summed E-state index contributed by atoms with van der Waals surface area (Å²) in [6, 6.07) is 2.64. The minimum atomic E-state index is -0.572. The molecule has 0 fully saturated rings. The lowest BCUT2D eigenvalue weighted by molar-refractivity contribution is -0.384. The van der Waals surface area contributed by atoms with E-state index in [2.05, 4.69) is 5.32 Å². The van der Waals surface area contributed by atoms with Gasteiger partial charge >= 0.3 is 0 Å². The molecular formula is C12H15N3O6. The summed E-state index contributed by atoms with van der Waals surface area (Å²) in [5.74, 6) is -0.129. The molecule has 9 nitrogen and oxygen atoms in total. The van der Waals surface area contributed by atoms with Gasteiger partial charge in [-0.15, -0.1) is 0 Å². The third-order valence-corrected chi connectivity index (χ3v) is 2.99. The van der Waals surface area contributed by atoms with Gasteiger partial charge in [0.2, 0.25) is 0 Å². The van der Waals surface area contributed by atoms with Crippen LogP contribution in [0.3, 0.4) is 0 Å². The number of nitrogens with zero attached hydrogens (tertiary/aromatic N) is 2. The average Bonchev–Trinajstić information content (AvgIpc) is 2.45. The number of nitro groups is 1. The standard InChI is InChI=1S/C12H15N3O6/c16-3-1-14(2-4-17)9-5-8-11(6-10(9)15(19)20)21-7-12(18)13-8/h5-6,16-17H,1-4,7H2,(H,13,18). The van der Waals surface area contributed by atoms with E-state index < -0.39 is 4.92 Å². The summed E-state index contributed by atoms with van der Waals surface area (Å²) in [5.41, 5.74) is 0.312. The Kier molecular flexibility index (Phi) is 4.55. The van der Waals surface area contributed by atoms with Crippen molar-refractivity contribution < 1.29 is 24.7 Å². The minimum absolute atomic E-state index is 0.120. The number of carbonyl (C=O) groups excluding carboxylic acids is 1. The van der Waals surface area contributed by atoms with Crippen LogP contribution in [0.4, 0.5) is 17.1 Å². The van der Waals surface area contributed by atoms with Crippen LogP contribution in [-0.2, 0) is 4.79 Å². The number of ether oxygens (including phenoxy) is 1. The zero-order valence-corrected chi connectivity index (χ0v) is 11.1. The Morgan fingerprint density at radius 3 is 2.57 bits per heavy atom. The van der Waals surface area contributed by atoms with Crippen LogP contribution in [0.5, 0.6) is 5.75 Å². The molecule has 0 bridgehead atoms. The molecule has 21 heavy (non-hydrogen) atoms. The van der Waals surface area contributed by atoms with E-state index in [-0.39, 0.29) is 55.9 Å². The van der Waals surface area contributed by atoms with Gasteiger partial charge in [-0.05, 0) is 6.07 Å². The molecule has 0 aliphatic carbocycles. The van der Waals surface area contributed by atoms with Gasteiger partial charge in [0.25, 0.3) is 11.6 Å². The molecule has 3 N–H and O–H groups in total. The molecular weight excluding hydrogens is 282 g/mol. The molecule has 0 unspecified atom stereocenters. The van der Waals surface area contributed by atoms with E-state index in [4.69, 9.17) is 14.9 Å². The second kappa shape index (κ2) is 6.37. The van der Waals surface area contributed by atoms with Crippen LogP contribution in [0.1, 0.15) is 0 Å². The number of amides is 1. The zero-order valence-electron chi connectivity index (χ0n) is 11.1. The quantitative estimate of drug-likeness (QED) is 0.487. The molecule has 0 saturated carbocycles. The second-order valence-corrected chi connectivity index (χ2v) is 4.37. The van der Waals surface area contributed by atoms with Crippen molar-refractivity contribution in [2.45, 2.75) is 0 Å². The fraction of sp³-hybridized carbons (Fsp3) is 0.417. The first kappa shape index (κ1) is 15.0. The van der Waals surface area contributed by atoms with Crippen molar-refractivity contribution >= 4 is 23.0 Å². The van der Waals surface area contributed by atoms with E-state index in [0.717, 1.165) is 0 Å². The Bertz CT molecular complexity index is 556. The lowest BCUT2D eigenvalue weighted by atomic mass is 10.1.